The van der Waals surface area contributed by atoms with Crippen molar-refractivity contribution >= 4 is 5.97 Å². The summed E-state index contributed by atoms with van der Waals surface area (Å²) in [6.07, 6.45) is -4.82. The summed E-state index contributed by atoms with van der Waals surface area (Å²) in [6, 6.07) is -0.485. The number of carbonyl (C=O) groups excluding carboxylic acids is 1. The number of nitrogens with zero attached hydrogens (tertiary/aromatic N) is 2. The van der Waals surface area contributed by atoms with Gasteiger partial charge in [-0.15, -0.1) is 0 Å². The molecule has 0 saturated carbocycles. The third-order valence-electron chi connectivity index (χ3n) is 9.68. The smallest absolute Gasteiger partial charge is 0.311 e. The van der Waals surface area contributed by atoms with Gasteiger partial charge in [0.15, 0.2) is 6.29 Å². The molecule has 11 heteroatoms. The van der Waals surface area contributed by atoms with Gasteiger partial charge in [-0.3, -0.25) is 4.79 Å². The SMILES string of the molecule is CC[C@H]1OC(=O)[C@H](C)[C@@H](O)[C@H](C)[C@@H](O[C@@H]2O[C@H](C)C[C@H](N(C)C)[C@H]2O)[C@](C)(O)C[C@@H](C)CN(C)[C@H](C)[C@@H](OC)[C@]1(C)O. The van der Waals surface area contributed by atoms with Crippen molar-refractivity contribution in [1.82, 2.24) is 9.80 Å². The van der Waals surface area contributed by atoms with Crippen LogP contribution in [-0.2, 0) is 23.7 Å². The van der Waals surface area contributed by atoms with E-state index in [1.165, 1.54) is 7.11 Å². The Bertz CT molecular complexity index is 856. The molecule has 2 saturated heterocycles. The molecule has 2 aliphatic heterocycles. The summed E-state index contributed by atoms with van der Waals surface area (Å²) in [5.74, 6) is -2.47. The Morgan fingerprint density at radius 1 is 1.05 bits per heavy atom. The average Bonchev–Trinajstić information content (AvgIpc) is 2.89. The van der Waals surface area contributed by atoms with Gasteiger partial charge in [-0.2, -0.15) is 0 Å². The zero-order chi connectivity index (χ0) is 32.3. The summed E-state index contributed by atoms with van der Waals surface area (Å²) in [5, 5.41) is 46.4. The molecule has 2 aliphatic rings. The Morgan fingerprint density at radius 2 is 1.64 bits per heavy atom. The number of carbonyl (C=O) groups is 1. The zero-order valence-corrected chi connectivity index (χ0v) is 28.0. The Hall–Kier alpha value is -0.890. The second kappa shape index (κ2) is 14.9. The summed E-state index contributed by atoms with van der Waals surface area (Å²) < 4.78 is 24.1. The van der Waals surface area contributed by atoms with Crippen LogP contribution in [0, 0.1) is 17.8 Å². The standard InChI is InChI=1S/C31H60N2O9/c1-13-23-31(8,38)27(39-12)21(6)33(11)16-17(2)15-30(7,37)26(19(4)24(34)20(5)28(36)41-23)42-29-25(35)22(32(9)10)14-18(3)40-29/h17-27,29,34-35,37-38H,13-16H2,1-12H3/t17-,18-,19+,20-,21-,22+,23-,24+,25-,26-,27-,29+,30-,31-/m1/s1. The Morgan fingerprint density at radius 3 is 2.17 bits per heavy atom. The molecule has 14 atom stereocenters. The lowest BCUT2D eigenvalue weighted by Crippen LogP contribution is -2.59. The van der Waals surface area contributed by atoms with Crippen LogP contribution in [0.15, 0.2) is 0 Å². The highest BCUT2D eigenvalue weighted by molar-refractivity contribution is 5.73. The number of hydrogen-bond acceptors (Lipinski definition) is 11. The number of methoxy groups -OCH3 is 1. The average molecular weight is 605 g/mol. The molecule has 2 heterocycles. The first kappa shape index (κ1) is 37.3. The molecule has 0 aromatic rings. The van der Waals surface area contributed by atoms with Crippen LogP contribution in [-0.4, -0.2) is 137 Å². The number of aliphatic hydroxyl groups excluding tert-OH is 2. The first-order valence-electron chi connectivity index (χ1n) is 15.5. The highest BCUT2D eigenvalue weighted by Crippen LogP contribution is 2.36. The fraction of sp³-hybridized carbons (Fsp3) is 0.968. The minimum atomic E-state index is -1.52. The van der Waals surface area contributed by atoms with E-state index in [1.54, 1.807) is 27.7 Å². The van der Waals surface area contributed by atoms with E-state index in [-0.39, 0.29) is 24.1 Å². The summed E-state index contributed by atoms with van der Waals surface area (Å²) in [7, 11) is 7.23. The molecular formula is C31H60N2O9. The lowest BCUT2D eigenvalue weighted by Gasteiger charge is -2.46. The van der Waals surface area contributed by atoms with Crippen LogP contribution in [0.2, 0.25) is 0 Å². The highest BCUT2D eigenvalue weighted by atomic mass is 16.7. The van der Waals surface area contributed by atoms with E-state index in [0.29, 0.717) is 25.8 Å². The molecule has 248 valence electrons. The molecule has 0 radical (unpaired) electrons. The summed E-state index contributed by atoms with van der Waals surface area (Å²) >= 11 is 0. The zero-order valence-electron chi connectivity index (χ0n) is 28.0. The Kier molecular flexibility index (Phi) is 13.3. The largest absolute Gasteiger partial charge is 0.459 e. The van der Waals surface area contributed by atoms with Crippen molar-refractivity contribution in [2.24, 2.45) is 17.8 Å². The van der Waals surface area contributed by atoms with Crippen LogP contribution in [0.4, 0.5) is 0 Å². The maximum atomic E-state index is 13.4. The predicted octanol–water partition coefficient (Wildman–Crippen LogP) is 1.63. The van der Waals surface area contributed by atoms with E-state index in [0.717, 1.165) is 0 Å². The van der Waals surface area contributed by atoms with Gasteiger partial charge in [0, 0.05) is 31.7 Å². The van der Waals surface area contributed by atoms with Crippen LogP contribution >= 0.6 is 0 Å². The first-order valence-corrected chi connectivity index (χ1v) is 15.5. The number of aliphatic hydroxyl groups is 4. The van der Waals surface area contributed by atoms with Crippen LogP contribution < -0.4 is 0 Å². The Labute approximate surface area is 253 Å². The molecule has 0 bridgehead atoms. The van der Waals surface area contributed by atoms with Crippen molar-refractivity contribution in [2.45, 2.75) is 141 Å². The molecule has 0 amide bonds. The van der Waals surface area contributed by atoms with Crippen LogP contribution in [0.3, 0.4) is 0 Å². The fourth-order valence-corrected chi connectivity index (χ4v) is 7.16. The monoisotopic (exact) mass is 604 g/mol. The third-order valence-corrected chi connectivity index (χ3v) is 9.68. The molecule has 2 rings (SSSR count). The van der Waals surface area contributed by atoms with Crippen LogP contribution in [0.5, 0.6) is 0 Å². The van der Waals surface area contributed by atoms with Crippen molar-refractivity contribution in [3.05, 3.63) is 0 Å². The first-order chi connectivity index (χ1) is 19.3. The van der Waals surface area contributed by atoms with Crippen molar-refractivity contribution in [3.8, 4) is 0 Å². The lowest BCUT2D eigenvalue weighted by atomic mass is 9.78. The summed E-state index contributed by atoms with van der Waals surface area (Å²) in [4.78, 5) is 17.4. The van der Waals surface area contributed by atoms with Crippen LogP contribution in [0.25, 0.3) is 0 Å². The molecule has 0 spiro atoms. The van der Waals surface area contributed by atoms with Crippen molar-refractivity contribution in [2.75, 3.05) is 34.8 Å². The second-order valence-corrected chi connectivity index (χ2v) is 13.8. The third kappa shape index (κ3) is 8.43. The van der Waals surface area contributed by atoms with Gasteiger partial charge < -0.3 is 49.2 Å². The quantitative estimate of drug-likeness (QED) is 0.340. The van der Waals surface area contributed by atoms with Gasteiger partial charge in [-0.25, -0.2) is 0 Å². The van der Waals surface area contributed by atoms with E-state index >= 15 is 0 Å². The van der Waals surface area contributed by atoms with Gasteiger partial charge in [0.1, 0.15) is 23.9 Å². The molecular weight excluding hydrogens is 544 g/mol. The maximum Gasteiger partial charge on any atom is 0.311 e. The number of ether oxygens (including phenoxy) is 4. The second-order valence-electron chi connectivity index (χ2n) is 13.8. The topological polar surface area (TPSA) is 141 Å². The highest BCUT2D eigenvalue weighted by Gasteiger charge is 2.50. The maximum absolute atomic E-state index is 13.4. The van der Waals surface area contributed by atoms with E-state index in [4.69, 9.17) is 18.9 Å². The van der Waals surface area contributed by atoms with Gasteiger partial charge in [0.2, 0.25) is 0 Å². The molecule has 2 fully saturated rings. The van der Waals surface area contributed by atoms with E-state index in [1.807, 2.05) is 53.7 Å². The minimum absolute atomic E-state index is 0.0431. The molecule has 4 N–H and O–H groups in total. The number of rotatable bonds is 5. The van der Waals surface area contributed by atoms with Crippen molar-refractivity contribution in [1.29, 1.82) is 0 Å². The van der Waals surface area contributed by atoms with E-state index in [9.17, 15) is 25.2 Å². The van der Waals surface area contributed by atoms with E-state index < -0.39 is 65.8 Å². The molecule has 0 aliphatic carbocycles. The van der Waals surface area contributed by atoms with Gasteiger partial charge in [0.25, 0.3) is 0 Å². The number of esters is 1. The molecule has 42 heavy (non-hydrogen) atoms. The van der Waals surface area contributed by atoms with Gasteiger partial charge in [-0.1, -0.05) is 20.8 Å². The minimum Gasteiger partial charge on any atom is -0.459 e. The van der Waals surface area contributed by atoms with Crippen molar-refractivity contribution < 1.29 is 44.2 Å². The normalized spacial score (nSPS) is 47.5. The predicted molar refractivity (Wildman–Crippen MR) is 160 cm³/mol. The van der Waals surface area contributed by atoms with Crippen LogP contribution in [0.1, 0.15) is 74.7 Å². The molecule has 0 unspecified atom stereocenters. The summed E-state index contributed by atoms with van der Waals surface area (Å²) in [6.45, 7) is 14.8. The number of cyclic esters (lactones) is 1. The molecule has 0 aromatic carbocycles. The van der Waals surface area contributed by atoms with Gasteiger partial charge in [0.05, 0.1) is 29.8 Å². The number of hydrogen-bond donors (Lipinski definition) is 4. The lowest BCUT2D eigenvalue weighted by molar-refractivity contribution is -0.299. The van der Waals surface area contributed by atoms with Gasteiger partial charge >= 0.3 is 5.97 Å². The van der Waals surface area contributed by atoms with Gasteiger partial charge in [-0.05, 0) is 80.9 Å². The number of likely N-dealkylation sites (N-methyl/N-ethyl adjacent to an activating group) is 2. The Balaban J connectivity index is 2.54. The van der Waals surface area contributed by atoms with E-state index in [2.05, 4.69) is 4.90 Å². The fourth-order valence-electron chi connectivity index (χ4n) is 7.16. The van der Waals surface area contributed by atoms with Crippen molar-refractivity contribution in [3.63, 3.8) is 0 Å². The molecule has 11 nitrogen and oxygen atoms in total. The summed E-state index contributed by atoms with van der Waals surface area (Å²) in [5.41, 5.74) is -2.99. The molecule has 0 aromatic heterocycles.